The van der Waals surface area contributed by atoms with E-state index >= 15 is 0 Å². The van der Waals surface area contributed by atoms with Crippen LogP contribution in [0.15, 0.2) is 82.2 Å². The highest BCUT2D eigenvalue weighted by atomic mass is 35.5. The van der Waals surface area contributed by atoms with Gasteiger partial charge in [-0.05, 0) is 61.3 Å². The number of nitrogens with zero attached hydrogens (tertiary/aromatic N) is 1. The zero-order valence-corrected chi connectivity index (χ0v) is 19.0. The molecule has 162 valence electrons. The SMILES string of the molecule is C=N\C=C(Cl)/C=C(/C=C(\C)C(=C)NC(Cc1ccc(F)cc1F)C(=C)CC)C(C)C. The fourth-order valence-corrected chi connectivity index (χ4v) is 2.97. The van der Waals surface area contributed by atoms with E-state index in [4.69, 9.17) is 11.6 Å². The molecule has 1 N–H and O–H groups in total. The Hall–Kier alpha value is -2.46. The fourth-order valence-electron chi connectivity index (χ4n) is 2.77. The van der Waals surface area contributed by atoms with Crippen LogP contribution in [-0.2, 0) is 6.42 Å². The molecular weight excluding hydrogens is 402 g/mol. The van der Waals surface area contributed by atoms with Crippen molar-refractivity contribution in [3.8, 4) is 0 Å². The maximum Gasteiger partial charge on any atom is 0.129 e. The zero-order chi connectivity index (χ0) is 22.8. The lowest BCUT2D eigenvalue weighted by Gasteiger charge is -2.24. The second-order valence-electron chi connectivity index (χ2n) is 7.45. The van der Waals surface area contributed by atoms with E-state index in [1.807, 2.05) is 26.0 Å². The van der Waals surface area contributed by atoms with Gasteiger partial charge in [0.05, 0.1) is 11.1 Å². The lowest BCUT2D eigenvalue weighted by Crippen LogP contribution is -2.32. The smallest absolute Gasteiger partial charge is 0.129 e. The third kappa shape index (κ3) is 8.11. The second-order valence-corrected chi connectivity index (χ2v) is 7.89. The zero-order valence-electron chi connectivity index (χ0n) is 18.2. The van der Waals surface area contributed by atoms with Crippen molar-refractivity contribution in [2.45, 2.75) is 46.6 Å². The number of hydrogen-bond acceptors (Lipinski definition) is 2. The minimum atomic E-state index is -0.592. The number of halogens is 3. The van der Waals surface area contributed by atoms with Gasteiger partial charge in [0.15, 0.2) is 0 Å². The average molecular weight is 433 g/mol. The van der Waals surface area contributed by atoms with Crippen molar-refractivity contribution < 1.29 is 8.78 Å². The molecule has 1 rings (SSSR count). The van der Waals surface area contributed by atoms with Crippen LogP contribution in [0.3, 0.4) is 0 Å². The molecule has 1 atom stereocenters. The lowest BCUT2D eigenvalue weighted by molar-refractivity contribution is 0.553. The van der Waals surface area contributed by atoms with Gasteiger partial charge >= 0.3 is 0 Å². The van der Waals surface area contributed by atoms with E-state index in [-0.39, 0.29) is 12.0 Å². The summed E-state index contributed by atoms with van der Waals surface area (Å²) in [6, 6.07) is 3.40. The Morgan fingerprint density at radius 3 is 2.43 bits per heavy atom. The van der Waals surface area contributed by atoms with Crippen LogP contribution in [0.1, 0.15) is 39.7 Å². The van der Waals surface area contributed by atoms with E-state index in [9.17, 15) is 8.78 Å². The first kappa shape index (κ1) is 25.6. The summed E-state index contributed by atoms with van der Waals surface area (Å²) in [4.78, 5) is 3.68. The number of rotatable bonds is 11. The summed E-state index contributed by atoms with van der Waals surface area (Å²) in [5, 5.41) is 3.84. The van der Waals surface area contributed by atoms with E-state index in [2.05, 4.69) is 44.0 Å². The normalized spacial score (nSPS) is 13.9. The molecule has 1 unspecified atom stereocenters. The fraction of sp³-hybridized carbons (Fsp3) is 0.320. The summed E-state index contributed by atoms with van der Waals surface area (Å²) in [6.07, 6.45) is 6.40. The number of allylic oxidation sites excluding steroid dienone is 5. The van der Waals surface area contributed by atoms with E-state index in [1.54, 1.807) is 0 Å². The minimum Gasteiger partial charge on any atom is -0.379 e. The van der Waals surface area contributed by atoms with Gasteiger partial charge < -0.3 is 5.32 Å². The first-order valence-electron chi connectivity index (χ1n) is 9.87. The summed E-state index contributed by atoms with van der Waals surface area (Å²) in [6.45, 7) is 19.7. The summed E-state index contributed by atoms with van der Waals surface area (Å²) in [5.41, 5.74) is 3.96. The second kappa shape index (κ2) is 12.3. The molecule has 2 nitrogen and oxygen atoms in total. The maximum atomic E-state index is 14.2. The molecule has 1 aromatic carbocycles. The van der Waals surface area contributed by atoms with Gasteiger partial charge in [0.1, 0.15) is 11.6 Å². The Kier molecular flexibility index (Phi) is 10.5. The number of aliphatic imine (C=N–C) groups is 1. The monoisotopic (exact) mass is 432 g/mol. The molecule has 0 saturated heterocycles. The molecule has 0 aliphatic heterocycles. The van der Waals surface area contributed by atoms with Crippen LogP contribution in [-0.4, -0.2) is 12.8 Å². The predicted octanol–water partition coefficient (Wildman–Crippen LogP) is 7.25. The number of benzene rings is 1. The third-order valence-corrected chi connectivity index (χ3v) is 4.99. The van der Waals surface area contributed by atoms with Crippen LogP contribution < -0.4 is 5.32 Å². The first-order valence-corrected chi connectivity index (χ1v) is 10.3. The quantitative estimate of drug-likeness (QED) is 0.222. The van der Waals surface area contributed by atoms with Crippen LogP contribution in [0.4, 0.5) is 8.78 Å². The predicted molar refractivity (Wildman–Crippen MR) is 126 cm³/mol. The van der Waals surface area contributed by atoms with E-state index in [1.165, 1.54) is 18.3 Å². The van der Waals surface area contributed by atoms with Crippen LogP contribution in [0.5, 0.6) is 0 Å². The maximum absolute atomic E-state index is 14.2. The topological polar surface area (TPSA) is 24.4 Å². The first-order chi connectivity index (χ1) is 14.1. The van der Waals surface area contributed by atoms with Gasteiger partial charge in [-0.15, -0.1) is 0 Å². The molecule has 1 aromatic rings. The largest absolute Gasteiger partial charge is 0.379 e. The highest BCUT2D eigenvalue weighted by molar-refractivity contribution is 6.31. The van der Waals surface area contributed by atoms with E-state index in [0.717, 1.165) is 29.2 Å². The Morgan fingerprint density at radius 1 is 1.23 bits per heavy atom. The average Bonchev–Trinajstić information content (AvgIpc) is 2.68. The summed E-state index contributed by atoms with van der Waals surface area (Å²) in [7, 11) is 0. The molecule has 0 heterocycles. The molecule has 0 aliphatic carbocycles. The van der Waals surface area contributed by atoms with Crippen LogP contribution in [0.2, 0.25) is 0 Å². The van der Waals surface area contributed by atoms with E-state index in [0.29, 0.717) is 22.7 Å². The van der Waals surface area contributed by atoms with Gasteiger partial charge in [0, 0.05) is 18.0 Å². The Morgan fingerprint density at radius 2 is 1.90 bits per heavy atom. The molecule has 0 saturated carbocycles. The molecule has 0 aromatic heterocycles. The molecule has 5 heteroatoms. The minimum absolute atomic E-state index is 0.231. The Balaban J connectivity index is 3.09. The van der Waals surface area contributed by atoms with Crippen molar-refractivity contribution in [1.29, 1.82) is 0 Å². The van der Waals surface area contributed by atoms with Gasteiger partial charge in [0.25, 0.3) is 0 Å². The van der Waals surface area contributed by atoms with Crippen LogP contribution in [0.25, 0.3) is 0 Å². The summed E-state index contributed by atoms with van der Waals surface area (Å²) < 4.78 is 27.4. The van der Waals surface area contributed by atoms with Crippen molar-refractivity contribution in [1.82, 2.24) is 5.32 Å². The summed E-state index contributed by atoms with van der Waals surface area (Å²) >= 11 is 6.15. The molecule has 0 spiro atoms. The standard InChI is InChI=1S/C25H31ClF2N2/c1-8-17(4)25(13-20-9-10-23(27)14-24(20)28)30-19(6)18(5)11-21(16(2)3)12-22(26)15-29-7/h9-12,14-16,25,30H,4,6-8,13H2,1-3,5H3/b18-11+,21-12-,22-15+. The highest BCUT2D eigenvalue weighted by Gasteiger charge is 2.16. The molecule has 30 heavy (non-hydrogen) atoms. The number of nitrogens with one attached hydrogen (secondary N) is 1. The van der Waals surface area contributed by atoms with Gasteiger partial charge in [-0.25, -0.2) is 8.78 Å². The van der Waals surface area contributed by atoms with Crippen molar-refractivity contribution in [3.63, 3.8) is 0 Å². The van der Waals surface area contributed by atoms with Gasteiger partial charge in [-0.1, -0.05) is 63.2 Å². The highest BCUT2D eigenvalue weighted by Crippen LogP contribution is 2.22. The van der Waals surface area contributed by atoms with Gasteiger partial charge in [-0.2, -0.15) is 0 Å². The van der Waals surface area contributed by atoms with E-state index < -0.39 is 11.6 Å². The van der Waals surface area contributed by atoms with Crippen molar-refractivity contribution >= 4 is 18.3 Å². The van der Waals surface area contributed by atoms with Crippen molar-refractivity contribution in [2.24, 2.45) is 10.9 Å². The van der Waals surface area contributed by atoms with Crippen LogP contribution in [0, 0.1) is 17.6 Å². The Labute approximate surface area is 184 Å². The molecular formula is C25H31ClF2N2. The van der Waals surface area contributed by atoms with Crippen molar-refractivity contribution in [3.05, 3.63) is 94.4 Å². The lowest BCUT2D eigenvalue weighted by atomic mass is 9.96. The van der Waals surface area contributed by atoms with Gasteiger partial charge in [-0.3, -0.25) is 4.99 Å². The Bertz CT molecular complexity index is 879. The van der Waals surface area contributed by atoms with Crippen LogP contribution >= 0.6 is 11.6 Å². The molecule has 0 radical (unpaired) electrons. The molecule has 0 fully saturated rings. The number of hydrogen-bond donors (Lipinski definition) is 1. The summed E-state index contributed by atoms with van der Waals surface area (Å²) in [5.74, 6) is -0.925. The van der Waals surface area contributed by atoms with Crippen molar-refractivity contribution in [2.75, 3.05) is 0 Å². The third-order valence-electron chi connectivity index (χ3n) is 4.78. The molecule has 0 amide bonds. The van der Waals surface area contributed by atoms with Gasteiger partial charge in [0.2, 0.25) is 0 Å². The molecule has 0 bridgehead atoms. The molecule has 0 aliphatic rings.